The van der Waals surface area contributed by atoms with Gasteiger partial charge >= 0.3 is 12.0 Å². The quantitative estimate of drug-likeness (QED) is 0.433. The molecule has 1 aliphatic rings. The van der Waals surface area contributed by atoms with Crippen LogP contribution in [0.2, 0.25) is 0 Å². The van der Waals surface area contributed by atoms with Crippen LogP contribution in [0.25, 0.3) is 0 Å². The second kappa shape index (κ2) is 6.04. The molecule has 0 spiro atoms. The number of ether oxygens (including phenoxy) is 1. The lowest BCUT2D eigenvalue weighted by molar-refractivity contribution is -0.151. The number of nitrogens with one attached hydrogen (secondary N) is 2. The molecule has 0 bridgehead atoms. The SMILES string of the molecule is NC(=O)NCCNC(=O)[C@@H]1CC[C@H](C(=O)O)O1. The highest BCUT2D eigenvalue weighted by atomic mass is 16.5. The highest BCUT2D eigenvalue weighted by Gasteiger charge is 2.34. The molecule has 1 aliphatic heterocycles. The van der Waals surface area contributed by atoms with Gasteiger partial charge in [0.25, 0.3) is 0 Å². The molecule has 0 aromatic heterocycles. The Morgan fingerprint density at radius 2 is 1.76 bits per heavy atom. The number of carboxylic acid groups (broad SMARTS) is 1. The number of hydrogen-bond donors (Lipinski definition) is 4. The summed E-state index contributed by atoms with van der Waals surface area (Å²) in [5, 5.41) is 13.5. The molecular formula is C9H15N3O5. The Morgan fingerprint density at radius 1 is 1.18 bits per heavy atom. The van der Waals surface area contributed by atoms with E-state index in [2.05, 4.69) is 10.6 Å². The normalized spacial score (nSPS) is 23.1. The van der Waals surface area contributed by atoms with E-state index in [-0.39, 0.29) is 19.0 Å². The molecule has 5 N–H and O–H groups in total. The van der Waals surface area contributed by atoms with Gasteiger partial charge in [-0.2, -0.15) is 0 Å². The van der Waals surface area contributed by atoms with E-state index in [9.17, 15) is 14.4 Å². The third-order valence-electron chi connectivity index (χ3n) is 2.31. The zero-order chi connectivity index (χ0) is 12.8. The molecule has 0 aromatic rings. The van der Waals surface area contributed by atoms with Crippen molar-refractivity contribution in [3.8, 4) is 0 Å². The number of rotatable bonds is 5. The van der Waals surface area contributed by atoms with Crippen molar-refractivity contribution in [2.24, 2.45) is 5.73 Å². The van der Waals surface area contributed by atoms with Crippen LogP contribution in [0.1, 0.15) is 12.8 Å². The summed E-state index contributed by atoms with van der Waals surface area (Å²) in [5.41, 5.74) is 4.83. The van der Waals surface area contributed by atoms with Gasteiger partial charge in [0.05, 0.1) is 0 Å². The van der Waals surface area contributed by atoms with Crippen LogP contribution in [-0.4, -0.2) is 48.3 Å². The maximum atomic E-state index is 11.5. The van der Waals surface area contributed by atoms with Crippen molar-refractivity contribution in [3.63, 3.8) is 0 Å². The summed E-state index contributed by atoms with van der Waals surface area (Å²) < 4.78 is 5.04. The average molecular weight is 245 g/mol. The standard InChI is InChI=1S/C9H15N3O5/c10-9(16)12-4-3-11-7(13)5-1-2-6(17-5)8(14)15/h5-6H,1-4H2,(H,11,13)(H,14,15)(H3,10,12,16)/t5-,6+/m0/s1. The Labute approximate surface area is 97.5 Å². The van der Waals surface area contributed by atoms with Crippen LogP contribution < -0.4 is 16.4 Å². The predicted molar refractivity (Wildman–Crippen MR) is 56.1 cm³/mol. The van der Waals surface area contributed by atoms with E-state index < -0.39 is 24.2 Å². The van der Waals surface area contributed by atoms with E-state index in [4.69, 9.17) is 15.6 Å². The van der Waals surface area contributed by atoms with E-state index >= 15 is 0 Å². The summed E-state index contributed by atoms with van der Waals surface area (Å²) in [6.45, 7) is 0.440. The molecule has 96 valence electrons. The van der Waals surface area contributed by atoms with Gasteiger partial charge in [-0.15, -0.1) is 0 Å². The topological polar surface area (TPSA) is 131 Å². The number of carbonyl (C=O) groups is 3. The number of hydrogen-bond acceptors (Lipinski definition) is 4. The highest BCUT2D eigenvalue weighted by molar-refractivity contribution is 5.82. The molecule has 0 unspecified atom stereocenters. The van der Waals surface area contributed by atoms with Gasteiger partial charge < -0.3 is 26.2 Å². The van der Waals surface area contributed by atoms with Crippen LogP contribution >= 0.6 is 0 Å². The van der Waals surface area contributed by atoms with Crippen LogP contribution in [0.15, 0.2) is 0 Å². The smallest absolute Gasteiger partial charge is 0.332 e. The molecule has 3 amide bonds. The first-order valence-electron chi connectivity index (χ1n) is 5.20. The summed E-state index contributed by atoms with van der Waals surface area (Å²) in [7, 11) is 0. The number of nitrogens with two attached hydrogens (primary N) is 1. The van der Waals surface area contributed by atoms with Gasteiger partial charge in [0, 0.05) is 13.1 Å². The van der Waals surface area contributed by atoms with Gasteiger partial charge in [-0.1, -0.05) is 0 Å². The van der Waals surface area contributed by atoms with Gasteiger partial charge in [-0.05, 0) is 12.8 Å². The molecule has 2 atom stereocenters. The van der Waals surface area contributed by atoms with Crippen molar-refractivity contribution >= 4 is 17.9 Å². The second-order valence-corrected chi connectivity index (χ2v) is 3.61. The van der Waals surface area contributed by atoms with Gasteiger partial charge in [-0.3, -0.25) is 4.79 Å². The number of primary amides is 1. The average Bonchev–Trinajstić information content (AvgIpc) is 2.73. The van der Waals surface area contributed by atoms with E-state index in [0.717, 1.165) is 0 Å². The molecule has 1 heterocycles. The zero-order valence-electron chi connectivity index (χ0n) is 9.14. The zero-order valence-corrected chi connectivity index (χ0v) is 9.14. The van der Waals surface area contributed by atoms with Crippen LogP contribution in [0.5, 0.6) is 0 Å². The van der Waals surface area contributed by atoms with Gasteiger partial charge in [0.1, 0.15) is 6.10 Å². The first-order chi connectivity index (χ1) is 8.00. The number of aliphatic carboxylic acids is 1. The van der Waals surface area contributed by atoms with Gasteiger partial charge in [0.15, 0.2) is 6.10 Å². The van der Waals surface area contributed by atoms with E-state index in [1.54, 1.807) is 0 Å². The predicted octanol–water partition coefficient (Wildman–Crippen LogP) is -1.60. The maximum absolute atomic E-state index is 11.5. The lowest BCUT2D eigenvalue weighted by Crippen LogP contribution is -2.41. The Hall–Kier alpha value is -1.83. The molecular weight excluding hydrogens is 230 g/mol. The summed E-state index contributed by atoms with van der Waals surface area (Å²) in [6.07, 6.45) is -0.932. The third kappa shape index (κ3) is 4.27. The fourth-order valence-corrected chi connectivity index (χ4v) is 1.50. The number of carboxylic acids is 1. The Balaban J connectivity index is 2.21. The molecule has 8 nitrogen and oxygen atoms in total. The monoisotopic (exact) mass is 245 g/mol. The highest BCUT2D eigenvalue weighted by Crippen LogP contribution is 2.19. The van der Waals surface area contributed by atoms with Crippen LogP contribution in [-0.2, 0) is 14.3 Å². The molecule has 1 fully saturated rings. The van der Waals surface area contributed by atoms with Crippen molar-refractivity contribution in [1.29, 1.82) is 0 Å². The minimum absolute atomic E-state index is 0.218. The molecule has 0 aliphatic carbocycles. The van der Waals surface area contributed by atoms with Crippen LogP contribution in [0.4, 0.5) is 4.79 Å². The fraction of sp³-hybridized carbons (Fsp3) is 0.667. The summed E-state index contributed by atoms with van der Waals surface area (Å²) >= 11 is 0. The molecule has 1 rings (SSSR count). The molecule has 0 aromatic carbocycles. The third-order valence-corrected chi connectivity index (χ3v) is 2.31. The first kappa shape index (κ1) is 13.2. The minimum atomic E-state index is -1.06. The number of amides is 3. The lowest BCUT2D eigenvalue weighted by Gasteiger charge is -2.11. The number of carbonyl (C=O) groups excluding carboxylic acids is 2. The van der Waals surface area contributed by atoms with Crippen molar-refractivity contribution in [3.05, 3.63) is 0 Å². The largest absolute Gasteiger partial charge is 0.479 e. The summed E-state index contributed by atoms with van der Waals surface area (Å²) in [5.74, 6) is -1.43. The number of urea groups is 1. The van der Waals surface area contributed by atoms with E-state index in [0.29, 0.717) is 12.8 Å². The summed E-state index contributed by atoms with van der Waals surface area (Å²) in [6, 6.07) is -0.665. The van der Waals surface area contributed by atoms with Crippen molar-refractivity contribution in [1.82, 2.24) is 10.6 Å². The Bertz CT molecular complexity index is 320. The molecule has 17 heavy (non-hydrogen) atoms. The van der Waals surface area contributed by atoms with E-state index in [1.807, 2.05) is 0 Å². The second-order valence-electron chi connectivity index (χ2n) is 3.61. The van der Waals surface area contributed by atoms with Gasteiger partial charge in [-0.25, -0.2) is 9.59 Å². The minimum Gasteiger partial charge on any atom is -0.479 e. The van der Waals surface area contributed by atoms with Crippen molar-refractivity contribution < 1.29 is 24.2 Å². The Kier molecular flexibility index (Phi) is 4.70. The van der Waals surface area contributed by atoms with Crippen LogP contribution in [0.3, 0.4) is 0 Å². The molecule has 8 heteroatoms. The van der Waals surface area contributed by atoms with Crippen LogP contribution in [0, 0.1) is 0 Å². The molecule has 0 saturated carbocycles. The molecule has 0 radical (unpaired) electrons. The molecule has 1 saturated heterocycles. The Morgan fingerprint density at radius 3 is 2.29 bits per heavy atom. The fourth-order valence-electron chi connectivity index (χ4n) is 1.50. The van der Waals surface area contributed by atoms with Crippen molar-refractivity contribution in [2.45, 2.75) is 25.0 Å². The van der Waals surface area contributed by atoms with Crippen molar-refractivity contribution in [2.75, 3.05) is 13.1 Å². The summed E-state index contributed by atoms with van der Waals surface area (Å²) in [4.78, 5) is 32.4. The maximum Gasteiger partial charge on any atom is 0.332 e. The first-order valence-corrected chi connectivity index (χ1v) is 5.20. The van der Waals surface area contributed by atoms with Gasteiger partial charge in [0.2, 0.25) is 5.91 Å². The lowest BCUT2D eigenvalue weighted by atomic mass is 10.2. The van der Waals surface area contributed by atoms with E-state index in [1.165, 1.54) is 0 Å².